The van der Waals surface area contributed by atoms with Crippen LogP contribution in [-0.2, 0) is 27.8 Å². The van der Waals surface area contributed by atoms with Crippen molar-refractivity contribution in [2.75, 3.05) is 17.2 Å². The van der Waals surface area contributed by atoms with E-state index in [9.17, 15) is 17.6 Å². The fraction of sp³-hybridized carbons (Fsp3) is 0.269. The first-order valence-corrected chi connectivity index (χ1v) is 13.0. The van der Waals surface area contributed by atoms with Gasteiger partial charge in [-0.15, -0.1) is 0 Å². The Bertz CT molecular complexity index is 1260. The van der Waals surface area contributed by atoms with E-state index >= 15 is 0 Å². The topological polar surface area (TPSA) is 75.7 Å². The Labute approximate surface area is 199 Å². The number of amides is 1. The van der Waals surface area contributed by atoms with Crippen LogP contribution in [0.2, 0.25) is 0 Å². The highest BCUT2D eigenvalue weighted by atomic mass is 32.2. The fourth-order valence-electron chi connectivity index (χ4n) is 4.18. The molecule has 6 nitrogen and oxygen atoms in total. The second kappa shape index (κ2) is 10.3. The van der Waals surface area contributed by atoms with Crippen LogP contribution in [0.5, 0.6) is 5.75 Å². The summed E-state index contributed by atoms with van der Waals surface area (Å²) in [6.07, 6.45) is 4.01. The van der Waals surface area contributed by atoms with Crippen molar-refractivity contribution < 1.29 is 22.3 Å². The molecule has 1 unspecified atom stereocenters. The molecule has 0 spiro atoms. The minimum absolute atomic E-state index is 0.0230. The van der Waals surface area contributed by atoms with Gasteiger partial charge in [0.25, 0.3) is 5.91 Å². The zero-order chi connectivity index (χ0) is 24.1. The number of carbonyl (C=O) groups is 1. The van der Waals surface area contributed by atoms with Crippen LogP contribution >= 0.6 is 0 Å². The maximum atomic E-state index is 14.1. The molecule has 1 N–H and O–H groups in total. The standard InChI is InChI=1S/C26H27FN2O4S/c1-34(31,32)29(17-20-8-3-5-11-24(20)27)21-13-15-22(16-14-21)33-18-26(30)28-25-12-6-9-19-7-2-4-10-23(19)25/h2-5,7-8,10-11,13-16,25H,6,9,12,17-18H2,1H3,(H,28,30). The molecule has 4 rings (SSSR count). The van der Waals surface area contributed by atoms with Gasteiger partial charge in [0.1, 0.15) is 11.6 Å². The van der Waals surface area contributed by atoms with E-state index in [4.69, 9.17) is 4.74 Å². The highest BCUT2D eigenvalue weighted by Crippen LogP contribution is 2.29. The van der Waals surface area contributed by atoms with E-state index in [-0.39, 0.29) is 30.7 Å². The first-order valence-electron chi connectivity index (χ1n) is 11.1. The molecule has 1 aliphatic rings. The first kappa shape index (κ1) is 23.8. The minimum atomic E-state index is -3.65. The molecule has 0 aliphatic heterocycles. The Morgan fingerprint density at radius 1 is 1.06 bits per heavy atom. The van der Waals surface area contributed by atoms with E-state index in [1.54, 1.807) is 42.5 Å². The number of hydrogen-bond donors (Lipinski definition) is 1. The van der Waals surface area contributed by atoms with Gasteiger partial charge in [0.05, 0.1) is 24.5 Å². The van der Waals surface area contributed by atoms with E-state index in [1.807, 2.05) is 18.2 Å². The van der Waals surface area contributed by atoms with Crippen LogP contribution in [0.3, 0.4) is 0 Å². The van der Waals surface area contributed by atoms with Crippen LogP contribution < -0.4 is 14.4 Å². The molecule has 0 aromatic heterocycles. The van der Waals surface area contributed by atoms with Crippen molar-refractivity contribution in [2.24, 2.45) is 0 Å². The normalized spacial score (nSPS) is 15.3. The number of nitrogens with one attached hydrogen (secondary N) is 1. The third kappa shape index (κ3) is 5.75. The number of fused-ring (bicyclic) bond motifs is 1. The van der Waals surface area contributed by atoms with Gasteiger partial charge in [0.2, 0.25) is 10.0 Å². The number of nitrogens with zero attached hydrogens (tertiary/aromatic N) is 1. The number of anilines is 1. The predicted octanol–water partition coefficient (Wildman–Crippen LogP) is 4.36. The van der Waals surface area contributed by atoms with Crippen molar-refractivity contribution in [3.05, 3.63) is 95.3 Å². The fourth-order valence-corrected chi connectivity index (χ4v) is 5.06. The number of sulfonamides is 1. The molecule has 178 valence electrons. The summed E-state index contributed by atoms with van der Waals surface area (Å²) in [5.74, 6) is -0.256. The average molecular weight is 483 g/mol. The summed E-state index contributed by atoms with van der Waals surface area (Å²) in [5.41, 5.74) is 3.07. The molecule has 34 heavy (non-hydrogen) atoms. The van der Waals surface area contributed by atoms with E-state index in [0.29, 0.717) is 11.4 Å². The molecule has 0 saturated carbocycles. The Morgan fingerprint density at radius 2 is 1.76 bits per heavy atom. The SMILES string of the molecule is CS(=O)(=O)N(Cc1ccccc1F)c1ccc(OCC(=O)NC2CCCc3ccccc32)cc1. The largest absolute Gasteiger partial charge is 0.484 e. The lowest BCUT2D eigenvalue weighted by molar-refractivity contribution is -0.123. The highest BCUT2D eigenvalue weighted by Gasteiger charge is 2.22. The predicted molar refractivity (Wildman–Crippen MR) is 130 cm³/mol. The van der Waals surface area contributed by atoms with Gasteiger partial charge in [-0.2, -0.15) is 0 Å². The van der Waals surface area contributed by atoms with Crippen molar-refractivity contribution in [1.82, 2.24) is 5.32 Å². The second-order valence-corrected chi connectivity index (χ2v) is 10.3. The highest BCUT2D eigenvalue weighted by molar-refractivity contribution is 7.92. The molecule has 1 aliphatic carbocycles. The van der Waals surface area contributed by atoms with Crippen molar-refractivity contribution in [3.63, 3.8) is 0 Å². The van der Waals surface area contributed by atoms with Gasteiger partial charge in [-0.25, -0.2) is 12.8 Å². The monoisotopic (exact) mass is 482 g/mol. The summed E-state index contributed by atoms with van der Waals surface area (Å²) in [6, 6.07) is 20.5. The third-order valence-electron chi connectivity index (χ3n) is 5.87. The van der Waals surface area contributed by atoms with Crippen LogP contribution in [0.25, 0.3) is 0 Å². The van der Waals surface area contributed by atoms with Gasteiger partial charge in [0.15, 0.2) is 6.61 Å². The summed E-state index contributed by atoms with van der Waals surface area (Å²) in [4.78, 5) is 12.5. The van der Waals surface area contributed by atoms with Crippen molar-refractivity contribution in [3.8, 4) is 5.75 Å². The van der Waals surface area contributed by atoms with Crippen LogP contribution in [0.4, 0.5) is 10.1 Å². The summed E-state index contributed by atoms with van der Waals surface area (Å²) in [5, 5.41) is 3.04. The Hall–Kier alpha value is -3.39. The van der Waals surface area contributed by atoms with E-state index in [1.165, 1.54) is 11.6 Å². The van der Waals surface area contributed by atoms with Gasteiger partial charge in [-0.1, -0.05) is 42.5 Å². The van der Waals surface area contributed by atoms with Gasteiger partial charge < -0.3 is 10.1 Å². The Balaban J connectivity index is 1.38. The minimum Gasteiger partial charge on any atom is -0.484 e. The molecule has 0 saturated heterocycles. The number of hydrogen-bond acceptors (Lipinski definition) is 4. The van der Waals surface area contributed by atoms with Crippen LogP contribution in [0.15, 0.2) is 72.8 Å². The second-order valence-electron chi connectivity index (χ2n) is 8.35. The third-order valence-corrected chi connectivity index (χ3v) is 7.01. The maximum absolute atomic E-state index is 14.1. The summed E-state index contributed by atoms with van der Waals surface area (Å²) in [6.45, 7) is -0.278. The number of carbonyl (C=O) groups excluding carboxylic acids is 1. The Kier molecular flexibility index (Phi) is 7.17. The summed E-state index contributed by atoms with van der Waals surface area (Å²) in [7, 11) is -3.65. The first-order chi connectivity index (χ1) is 16.3. The van der Waals surface area contributed by atoms with Crippen molar-refractivity contribution in [1.29, 1.82) is 0 Å². The zero-order valence-corrected chi connectivity index (χ0v) is 19.7. The molecular formula is C26H27FN2O4S. The van der Waals surface area contributed by atoms with Gasteiger partial charge in [0, 0.05) is 5.56 Å². The van der Waals surface area contributed by atoms with E-state index < -0.39 is 15.8 Å². The van der Waals surface area contributed by atoms with E-state index in [2.05, 4.69) is 11.4 Å². The number of halogens is 1. The van der Waals surface area contributed by atoms with Crippen LogP contribution in [-0.4, -0.2) is 27.2 Å². The summed E-state index contributed by atoms with van der Waals surface area (Å²) < 4.78 is 45.5. The smallest absolute Gasteiger partial charge is 0.258 e. The quantitative estimate of drug-likeness (QED) is 0.518. The molecule has 1 atom stereocenters. The lowest BCUT2D eigenvalue weighted by Crippen LogP contribution is -2.34. The molecule has 0 radical (unpaired) electrons. The van der Waals surface area contributed by atoms with Gasteiger partial charge in [-0.3, -0.25) is 9.10 Å². The molecule has 1 amide bonds. The van der Waals surface area contributed by atoms with Crippen molar-refractivity contribution >= 4 is 21.6 Å². The zero-order valence-electron chi connectivity index (χ0n) is 18.9. The molecule has 3 aromatic rings. The molecule has 3 aromatic carbocycles. The van der Waals surface area contributed by atoms with E-state index in [0.717, 1.165) is 35.4 Å². The average Bonchev–Trinajstić information content (AvgIpc) is 2.82. The molecule has 0 bridgehead atoms. The lowest BCUT2D eigenvalue weighted by Gasteiger charge is -2.26. The lowest BCUT2D eigenvalue weighted by atomic mass is 9.88. The van der Waals surface area contributed by atoms with Crippen LogP contribution in [0.1, 0.15) is 35.6 Å². The molecular weight excluding hydrogens is 455 g/mol. The molecule has 0 fully saturated rings. The molecule has 8 heteroatoms. The number of aryl methyl sites for hydroxylation is 1. The number of ether oxygens (including phenoxy) is 1. The van der Waals surface area contributed by atoms with Gasteiger partial charge in [-0.05, 0) is 60.7 Å². The number of rotatable bonds is 8. The Morgan fingerprint density at radius 3 is 2.50 bits per heavy atom. The molecule has 0 heterocycles. The summed E-state index contributed by atoms with van der Waals surface area (Å²) >= 11 is 0. The van der Waals surface area contributed by atoms with Crippen molar-refractivity contribution in [2.45, 2.75) is 31.8 Å². The van der Waals surface area contributed by atoms with Crippen LogP contribution in [0, 0.1) is 5.82 Å². The van der Waals surface area contributed by atoms with Gasteiger partial charge >= 0.3 is 0 Å². The number of benzene rings is 3. The maximum Gasteiger partial charge on any atom is 0.258 e.